The van der Waals surface area contributed by atoms with E-state index in [1.54, 1.807) is 12.1 Å². The van der Waals surface area contributed by atoms with Crippen LogP contribution >= 0.6 is 0 Å². The fraction of sp³-hybridized carbons (Fsp3) is 0.250. The summed E-state index contributed by atoms with van der Waals surface area (Å²) in [6.07, 6.45) is 0.520. The molecule has 0 fully saturated rings. The SMILES string of the molecule is COC(=O)/C=C(/F)CS(=O)(=O)c1ccc(C)cc1. The fourth-order valence-electron chi connectivity index (χ4n) is 1.24. The van der Waals surface area contributed by atoms with Gasteiger partial charge in [-0.1, -0.05) is 17.7 Å². The predicted octanol–water partition coefficient (Wildman–Crippen LogP) is 1.80. The molecule has 6 heteroatoms. The quantitative estimate of drug-likeness (QED) is 0.619. The first-order chi connectivity index (χ1) is 8.35. The van der Waals surface area contributed by atoms with Crippen LogP contribution in [-0.4, -0.2) is 27.2 Å². The first-order valence-electron chi connectivity index (χ1n) is 5.08. The van der Waals surface area contributed by atoms with Gasteiger partial charge in [-0.05, 0) is 19.1 Å². The van der Waals surface area contributed by atoms with Gasteiger partial charge in [-0.15, -0.1) is 0 Å². The van der Waals surface area contributed by atoms with E-state index in [0.717, 1.165) is 12.7 Å². The highest BCUT2D eigenvalue weighted by Crippen LogP contribution is 2.15. The Morgan fingerprint density at radius 2 is 1.89 bits per heavy atom. The zero-order valence-electron chi connectivity index (χ0n) is 10.0. The predicted molar refractivity (Wildman–Crippen MR) is 64.4 cm³/mol. The van der Waals surface area contributed by atoms with E-state index in [9.17, 15) is 17.6 Å². The van der Waals surface area contributed by atoms with Crippen molar-refractivity contribution in [2.24, 2.45) is 0 Å². The molecule has 1 rings (SSSR count). The van der Waals surface area contributed by atoms with Gasteiger partial charge in [0.15, 0.2) is 9.84 Å². The molecular weight excluding hydrogens is 259 g/mol. The van der Waals surface area contributed by atoms with Gasteiger partial charge in [-0.3, -0.25) is 0 Å². The van der Waals surface area contributed by atoms with E-state index in [1.165, 1.54) is 12.1 Å². The molecular formula is C12H13FO4S. The molecule has 1 aromatic carbocycles. The van der Waals surface area contributed by atoms with Gasteiger partial charge in [0.1, 0.15) is 11.6 Å². The van der Waals surface area contributed by atoms with E-state index in [-0.39, 0.29) is 4.90 Å². The molecule has 0 saturated carbocycles. The number of benzene rings is 1. The number of rotatable bonds is 4. The van der Waals surface area contributed by atoms with E-state index in [2.05, 4.69) is 4.74 Å². The first-order valence-corrected chi connectivity index (χ1v) is 6.74. The normalized spacial score (nSPS) is 12.3. The van der Waals surface area contributed by atoms with Gasteiger partial charge in [-0.2, -0.15) is 0 Å². The van der Waals surface area contributed by atoms with Gasteiger partial charge in [-0.25, -0.2) is 17.6 Å². The van der Waals surface area contributed by atoms with Crippen molar-refractivity contribution in [3.05, 3.63) is 41.7 Å². The number of carbonyl (C=O) groups excluding carboxylic acids is 1. The molecule has 18 heavy (non-hydrogen) atoms. The summed E-state index contributed by atoms with van der Waals surface area (Å²) < 4.78 is 41.1. The first kappa shape index (κ1) is 14.4. The number of carbonyl (C=O) groups is 1. The Kier molecular flexibility index (Phi) is 4.61. The third-order valence-corrected chi connectivity index (χ3v) is 3.83. The summed E-state index contributed by atoms with van der Waals surface area (Å²) in [6, 6.07) is 6.04. The van der Waals surface area contributed by atoms with E-state index >= 15 is 0 Å². The lowest BCUT2D eigenvalue weighted by atomic mass is 10.2. The lowest BCUT2D eigenvalue weighted by Gasteiger charge is -2.03. The van der Waals surface area contributed by atoms with Crippen molar-refractivity contribution >= 4 is 15.8 Å². The maximum Gasteiger partial charge on any atom is 0.333 e. The Bertz CT molecular complexity index is 558. The molecule has 0 aliphatic carbocycles. The van der Waals surface area contributed by atoms with Gasteiger partial charge in [0.25, 0.3) is 0 Å². The topological polar surface area (TPSA) is 60.4 Å². The summed E-state index contributed by atoms with van der Waals surface area (Å²) in [5.41, 5.74) is 0.902. The van der Waals surface area contributed by atoms with Crippen molar-refractivity contribution in [1.29, 1.82) is 0 Å². The molecule has 0 saturated heterocycles. The molecule has 0 aliphatic rings. The maximum atomic E-state index is 13.3. The summed E-state index contributed by atoms with van der Waals surface area (Å²) >= 11 is 0. The van der Waals surface area contributed by atoms with Crippen molar-refractivity contribution in [2.75, 3.05) is 12.9 Å². The second-order valence-corrected chi connectivity index (χ2v) is 5.68. The molecule has 0 aromatic heterocycles. The molecule has 0 unspecified atom stereocenters. The van der Waals surface area contributed by atoms with Gasteiger partial charge in [0, 0.05) is 0 Å². The molecule has 0 heterocycles. The van der Waals surface area contributed by atoms with Crippen LogP contribution in [0.2, 0.25) is 0 Å². The van der Waals surface area contributed by atoms with Crippen LogP contribution in [0.1, 0.15) is 5.56 Å². The van der Waals surface area contributed by atoms with Gasteiger partial charge in [0.2, 0.25) is 0 Å². The summed E-state index contributed by atoms with van der Waals surface area (Å²) in [5.74, 6) is -2.83. The maximum absolute atomic E-state index is 13.3. The molecule has 0 radical (unpaired) electrons. The second-order valence-electron chi connectivity index (χ2n) is 3.69. The van der Waals surface area contributed by atoms with Crippen molar-refractivity contribution in [1.82, 2.24) is 0 Å². The largest absolute Gasteiger partial charge is 0.466 e. The number of halogens is 1. The number of sulfone groups is 1. The lowest BCUT2D eigenvalue weighted by molar-refractivity contribution is -0.134. The molecule has 98 valence electrons. The zero-order valence-corrected chi connectivity index (χ0v) is 10.8. The summed E-state index contributed by atoms with van der Waals surface area (Å²) in [6.45, 7) is 1.81. The highest BCUT2D eigenvalue weighted by atomic mass is 32.2. The van der Waals surface area contributed by atoms with Crippen molar-refractivity contribution in [3.8, 4) is 0 Å². The molecule has 0 aliphatic heterocycles. The smallest absolute Gasteiger partial charge is 0.333 e. The van der Waals surface area contributed by atoms with Crippen LogP contribution in [-0.2, 0) is 19.4 Å². The average Bonchev–Trinajstić information content (AvgIpc) is 2.28. The van der Waals surface area contributed by atoms with E-state index < -0.39 is 27.4 Å². The third-order valence-electron chi connectivity index (χ3n) is 2.18. The molecule has 0 amide bonds. The van der Waals surface area contributed by atoms with Gasteiger partial charge >= 0.3 is 5.97 Å². The van der Waals surface area contributed by atoms with Crippen LogP contribution in [0, 0.1) is 6.92 Å². The molecule has 0 N–H and O–H groups in total. The Balaban J connectivity index is 2.92. The van der Waals surface area contributed by atoms with Crippen LogP contribution in [0.15, 0.2) is 41.1 Å². The minimum Gasteiger partial charge on any atom is -0.466 e. The monoisotopic (exact) mass is 272 g/mol. The number of hydrogen-bond donors (Lipinski definition) is 0. The number of esters is 1. The Labute approximate surface area is 105 Å². The van der Waals surface area contributed by atoms with Crippen molar-refractivity contribution in [3.63, 3.8) is 0 Å². The number of aryl methyl sites for hydroxylation is 1. The molecule has 0 atom stereocenters. The summed E-state index contributed by atoms with van der Waals surface area (Å²) in [7, 11) is -2.70. The summed E-state index contributed by atoms with van der Waals surface area (Å²) in [4.78, 5) is 10.8. The molecule has 4 nitrogen and oxygen atoms in total. The highest BCUT2D eigenvalue weighted by Gasteiger charge is 2.17. The fourth-order valence-corrected chi connectivity index (χ4v) is 2.40. The average molecular weight is 272 g/mol. The minimum atomic E-state index is -3.78. The van der Waals surface area contributed by atoms with Crippen LogP contribution in [0.4, 0.5) is 4.39 Å². The van der Waals surface area contributed by atoms with Crippen LogP contribution < -0.4 is 0 Å². The van der Waals surface area contributed by atoms with E-state index in [1.807, 2.05) is 6.92 Å². The Morgan fingerprint density at radius 3 is 2.39 bits per heavy atom. The molecule has 0 spiro atoms. The van der Waals surface area contributed by atoms with Crippen LogP contribution in [0.25, 0.3) is 0 Å². The van der Waals surface area contributed by atoms with Crippen LogP contribution in [0.5, 0.6) is 0 Å². The highest BCUT2D eigenvalue weighted by molar-refractivity contribution is 7.91. The number of hydrogen-bond acceptors (Lipinski definition) is 4. The van der Waals surface area contributed by atoms with Gasteiger partial charge < -0.3 is 4.74 Å². The molecule has 0 bridgehead atoms. The molecule has 1 aromatic rings. The second kappa shape index (κ2) is 5.77. The number of methoxy groups -OCH3 is 1. The van der Waals surface area contributed by atoms with Crippen molar-refractivity contribution < 1.29 is 22.3 Å². The van der Waals surface area contributed by atoms with Crippen molar-refractivity contribution in [2.45, 2.75) is 11.8 Å². The minimum absolute atomic E-state index is 0.0153. The lowest BCUT2D eigenvalue weighted by Crippen LogP contribution is -2.08. The van der Waals surface area contributed by atoms with Gasteiger partial charge in [0.05, 0.1) is 18.1 Å². The number of ether oxygens (including phenoxy) is 1. The van der Waals surface area contributed by atoms with E-state index in [0.29, 0.717) is 6.08 Å². The third kappa shape index (κ3) is 3.96. The van der Waals surface area contributed by atoms with E-state index in [4.69, 9.17) is 0 Å². The Hall–Kier alpha value is -1.69. The summed E-state index contributed by atoms with van der Waals surface area (Å²) in [5, 5.41) is 0. The zero-order chi connectivity index (χ0) is 13.8. The standard InChI is InChI=1S/C12H13FO4S/c1-9-3-5-11(6-4-9)18(15,16)8-10(13)7-12(14)17-2/h3-7H,8H2,1-2H3/b10-7+. The van der Waals surface area contributed by atoms with Crippen LogP contribution in [0.3, 0.4) is 0 Å². The Morgan fingerprint density at radius 1 is 1.33 bits per heavy atom.